The first-order valence-electron chi connectivity index (χ1n) is 4.80. The van der Waals surface area contributed by atoms with E-state index in [1.54, 1.807) is 0 Å². The number of benzene rings is 1. The van der Waals surface area contributed by atoms with E-state index < -0.39 is 5.69 Å². The Morgan fingerprint density at radius 1 is 1.06 bits per heavy atom. The second kappa shape index (κ2) is 4.06. The smallest absolute Gasteiger partial charge is 0.335 e. The second-order valence-corrected chi connectivity index (χ2v) is 3.42. The number of aromatic nitrogens is 2. The average molecular weight is 217 g/mol. The largest absolute Gasteiger partial charge is 0.349 e. The van der Waals surface area contributed by atoms with Crippen molar-refractivity contribution in [3.05, 3.63) is 69.0 Å². The van der Waals surface area contributed by atoms with Gasteiger partial charge in [-0.2, -0.15) is 0 Å². The topological polar surface area (TPSA) is 70.0 Å². The maximum Gasteiger partial charge on any atom is 0.349 e. The Labute approximate surface area is 91.3 Å². The molecular weight excluding hydrogens is 206 g/mol. The van der Waals surface area contributed by atoms with Crippen molar-refractivity contribution >= 4 is 0 Å². The molecule has 1 aromatic carbocycles. The molecule has 0 radical (unpaired) electrons. The van der Waals surface area contributed by atoms with Crippen molar-refractivity contribution in [2.24, 2.45) is 0 Å². The summed E-state index contributed by atoms with van der Waals surface area (Å²) >= 11 is 0. The summed E-state index contributed by atoms with van der Waals surface area (Å²) in [5.74, 6) is 5.39. The van der Waals surface area contributed by atoms with Crippen LogP contribution in [0.2, 0.25) is 0 Å². The monoisotopic (exact) mass is 217 g/mol. The highest BCUT2D eigenvalue weighted by atomic mass is 16.2. The van der Waals surface area contributed by atoms with E-state index in [0.29, 0.717) is 0 Å². The molecular formula is C11H11N3O2. The molecule has 2 rings (SSSR count). The van der Waals surface area contributed by atoms with Gasteiger partial charge in [-0.3, -0.25) is 9.36 Å². The molecule has 0 saturated heterocycles. The molecule has 0 aliphatic carbocycles. The van der Waals surface area contributed by atoms with Crippen molar-refractivity contribution in [1.29, 1.82) is 0 Å². The summed E-state index contributed by atoms with van der Waals surface area (Å²) in [6.45, 7) is 0.233. The fraction of sp³-hybridized carbons (Fsp3) is 0.0909. The van der Waals surface area contributed by atoms with Gasteiger partial charge < -0.3 is 5.84 Å². The Bertz CT molecular complexity index is 599. The highest BCUT2D eigenvalue weighted by Gasteiger charge is 2.03. The standard InChI is InChI=1S/C11H11N3O2/c12-14-7-6-10(15)13(11(14)16)8-9-4-2-1-3-5-9/h1-7H,8,12H2. The number of hydrogen-bond acceptors (Lipinski definition) is 3. The summed E-state index contributed by atoms with van der Waals surface area (Å²) in [7, 11) is 0. The van der Waals surface area contributed by atoms with E-state index in [0.717, 1.165) is 14.8 Å². The molecule has 0 fully saturated rings. The van der Waals surface area contributed by atoms with Crippen molar-refractivity contribution < 1.29 is 0 Å². The Balaban J connectivity index is 2.47. The van der Waals surface area contributed by atoms with Crippen LogP contribution in [0.15, 0.2) is 52.2 Å². The van der Waals surface area contributed by atoms with Crippen LogP contribution in [0.4, 0.5) is 0 Å². The molecule has 82 valence electrons. The van der Waals surface area contributed by atoms with Gasteiger partial charge in [0.15, 0.2) is 0 Å². The van der Waals surface area contributed by atoms with Crippen LogP contribution in [-0.4, -0.2) is 9.24 Å². The van der Waals surface area contributed by atoms with Crippen molar-refractivity contribution in [2.75, 3.05) is 5.84 Å². The predicted molar refractivity (Wildman–Crippen MR) is 60.7 cm³/mol. The number of nitrogen functional groups attached to an aromatic ring is 1. The molecule has 1 heterocycles. The van der Waals surface area contributed by atoms with Crippen LogP contribution in [-0.2, 0) is 6.54 Å². The lowest BCUT2D eigenvalue weighted by molar-refractivity contribution is 0.657. The van der Waals surface area contributed by atoms with Gasteiger partial charge in [-0.05, 0) is 5.56 Å². The van der Waals surface area contributed by atoms with Crippen LogP contribution in [0.1, 0.15) is 5.56 Å². The molecule has 0 unspecified atom stereocenters. The number of hydrogen-bond donors (Lipinski definition) is 1. The maximum absolute atomic E-state index is 11.6. The third kappa shape index (κ3) is 1.88. The molecule has 0 bridgehead atoms. The van der Waals surface area contributed by atoms with Gasteiger partial charge in [0.1, 0.15) is 0 Å². The summed E-state index contributed by atoms with van der Waals surface area (Å²) in [5.41, 5.74) is 0.0137. The van der Waals surface area contributed by atoms with Gasteiger partial charge in [0, 0.05) is 12.3 Å². The molecule has 2 N–H and O–H groups in total. The Morgan fingerprint density at radius 2 is 1.75 bits per heavy atom. The lowest BCUT2D eigenvalue weighted by Crippen LogP contribution is -2.42. The lowest BCUT2D eigenvalue weighted by Gasteiger charge is -2.05. The minimum atomic E-state index is -0.517. The quantitative estimate of drug-likeness (QED) is 0.706. The van der Waals surface area contributed by atoms with Crippen LogP contribution >= 0.6 is 0 Å². The molecule has 5 heteroatoms. The molecule has 5 nitrogen and oxygen atoms in total. The van der Waals surface area contributed by atoms with Gasteiger partial charge in [-0.15, -0.1) is 0 Å². The van der Waals surface area contributed by atoms with Crippen molar-refractivity contribution in [1.82, 2.24) is 9.24 Å². The van der Waals surface area contributed by atoms with Crippen LogP contribution in [0.3, 0.4) is 0 Å². The summed E-state index contributed by atoms with van der Waals surface area (Å²) in [4.78, 5) is 23.1. The third-order valence-electron chi connectivity index (χ3n) is 2.28. The minimum absolute atomic E-state index is 0.233. The highest BCUT2D eigenvalue weighted by molar-refractivity contribution is 5.15. The number of nitrogens with zero attached hydrogens (tertiary/aromatic N) is 2. The number of rotatable bonds is 2. The molecule has 0 amide bonds. The zero-order valence-electron chi connectivity index (χ0n) is 8.54. The normalized spacial score (nSPS) is 10.2. The lowest BCUT2D eigenvalue weighted by atomic mass is 10.2. The fourth-order valence-electron chi connectivity index (χ4n) is 1.44. The first kappa shape index (κ1) is 10.2. The Kier molecular flexibility index (Phi) is 2.59. The van der Waals surface area contributed by atoms with Gasteiger partial charge in [0.2, 0.25) is 0 Å². The second-order valence-electron chi connectivity index (χ2n) is 3.42. The van der Waals surface area contributed by atoms with Gasteiger partial charge in [-0.25, -0.2) is 9.47 Å². The molecule has 0 saturated carbocycles. The SMILES string of the molecule is Nn1ccc(=O)n(Cc2ccccc2)c1=O. The van der Waals surface area contributed by atoms with Crippen LogP contribution in [0.25, 0.3) is 0 Å². The van der Waals surface area contributed by atoms with Crippen molar-refractivity contribution in [3.63, 3.8) is 0 Å². The summed E-state index contributed by atoms with van der Waals surface area (Å²) < 4.78 is 1.99. The molecule has 16 heavy (non-hydrogen) atoms. The Hall–Kier alpha value is -2.30. The maximum atomic E-state index is 11.6. The van der Waals surface area contributed by atoms with Crippen LogP contribution in [0.5, 0.6) is 0 Å². The van der Waals surface area contributed by atoms with Crippen molar-refractivity contribution in [3.8, 4) is 0 Å². The number of nitrogens with two attached hydrogens (primary N) is 1. The van der Waals surface area contributed by atoms with Crippen molar-refractivity contribution in [2.45, 2.75) is 6.54 Å². The summed E-state index contributed by atoms with van der Waals surface area (Å²) in [6.07, 6.45) is 1.26. The first-order valence-corrected chi connectivity index (χ1v) is 4.80. The zero-order chi connectivity index (χ0) is 11.5. The van der Waals surface area contributed by atoms with E-state index >= 15 is 0 Å². The van der Waals surface area contributed by atoms with Crippen LogP contribution in [0, 0.1) is 0 Å². The molecule has 0 aliphatic rings. The Morgan fingerprint density at radius 3 is 2.44 bits per heavy atom. The van der Waals surface area contributed by atoms with Gasteiger partial charge in [0.25, 0.3) is 5.56 Å². The van der Waals surface area contributed by atoms with E-state index in [4.69, 9.17) is 5.84 Å². The van der Waals surface area contributed by atoms with Gasteiger partial charge >= 0.3 is 5.69 Å². The van der Waals surface area contributed by atoms with E-state index in [9.17, 15) is 9.59 Å². The zero-order valence-corrected chi connectivity index (χ0v) is 8.54. The third-order valence-corrected chi connectivity index (χ3v) is 2.28. The predicted octanol–water partition coefficient (Wildman–Crippen LogP) is -0.228. The minimum Gasteiger partial charge on any atom is -0.335 e. The molecule has 2 aromatic rings. The summed E-state index contributed by atoms with van der Waals surface area (Å²) in [5, 5.41) is 0. The molecule has 1 aromatic heterocycles. The molecule has 0 atom stereocenters. The van der Waals surface area contributed by atoms with E-state index in [1.165, 1.54) is 12.3 Å². The summed E-state index contributed by atoms with van der Waals surface area (Å²) in [6, 6.07) is 10.5. The van der Waals surface area contributed by atoms with E-state index in [-0.39, 0.29) is 12.1 Å². The average Bonchev–Trinajstić information content (AvgIpc) is 2.31. The van der Waals surface area contributed by atoms with E-state index in [1.807, 2.05) is 30.3 Å². The van der Waals surface area contributed by atoms with Gasteiger partial charge in [0.05, 0.1) is 6.54 Å². The van der Waals surface area contributed by atoms with Crippen LogP contribution < -0.4 is 17.1 Å². The first-order chi connectivity index (χ1) is 7.68. The van der Waals surface area contributed by atoms with E-state index in [2.05, 4.69) is 0 Å². The highest BCUT2D eigenvalue weighted by Crippen LogP contribution is 1.98. The molecule has 0 spiro atoms. The molecule has 0 aliphatic heterocycles. The van der Waals surface area contributed by atoms with Gasteiger partial charge in [-0.1, -0.05) is 30.3 Å². The fourth-order valence-corrected chi connectivity index (χ4v) is 1.44.